The van der Waals surface area contributed by atoms with Gasteiger partial charge in [0.1, 0.15) is 18.2 Å². The number of carbonyl (C=O) groups excluding carboxylic acids is 1. The van der Waals surface area contributed by atoms with Crippen LogP contribution in [0.15, 0.2) is 53.6 Å². The maximum atomic E-state index is 13.1. The first-order valence-corrected chi connectivity index (χ1v) is 10.5. The number of fused-ring (bicyclic) bond motifs is 3. The first-order chi connectivity index (χ1) is 14.1. The van der Waals surface area contributed by atoms with Gasteiger partial charge in [0.15, 0.2) is 5.76 Å². The number of ether oxygens (including phenoxy) is 2. The number of carbonyl (C=O) groups is 1. The smallest absolute Gasteiger partial charge is 0.232 e. The van der Waals surface area contributed by atoms with Gasteiger partial charge in [-0.3, -0.25) is 9.69 Å². The first kappa shape index (κ1) is 18.2. The molecule has 2 aliphatic heterocycles. The van der Waals surface area contributed by atoms with E-state index >= 15 is 0 Å². The van der Waals surface area contributed by atoms with Gasteiger partial charge < -0.3 is 9.47 Å². The quantitative estimate of drug-likeness (QED) is 0.554. The molecule has 0 aliphatic carbocycles. The second-order valence-corrected chi connectivity index (χ2v) is 8.48. The molecule has 0 saturated heterocycles. The highest BCUT2D eigenvalue weighted by atomic mass is 32.1. The zero-order chi connectivity index (χ0) is 20.0. The molecule has 0 unspecified atom stereocenters. The molecule has 0 N–H and O–H groups in total. The van der Waals surface area contributed by atoms with Crippen molar-refractivity contribution in [2.24, 2.45) is 0 Å². The lowest BCUT2D eigenvalue weighted by molar-refractivity contribution is 0.0872. The van der Waals surface area contributed by atoms with Crippen LogP contribution in [-0.2, 0) is 13.1 Å². The summed E-state index contributed by atoms with van der Waals surface area (Å²) in [6.45, 7) is 5.97. The summed E-state index contributed by atoms with van der Waals surface area (Å²) in [5, 5.41) is 2.02. The molecule has 0 atom stereocenters. The Bertz CT molecular complexity index is 1130. The molecule has 0 radical (unpaired) electrons. The van der Waals surface area contributed by atoms with Crippen molar-refractivity contribution in [2.75, 3.05) is 6.73 Å². The number of ketones is 1. The van der Waals surface area contributed by atoms with Crippen molar-refractivity contribution >= 4 is 23.2 Å². The Hall–Kier alpha value is -2.89. The van der Waals surface area contributed by atoms with Crippen LogP contribution in [0.2, 0.25) is 0 Å². The lowest BCUT2D eigenvalue weighted by Gasteiger charge is -2.30. The molecule has 2 aliphatic rings. The van der Waals surface area contributed by atoms with Crippen LogP contribution in [0.25, 0.3) is 6.08 Å². The maximum absolute atomic E-state index is 13.1. The number of hydrogen-bond acceptors (Lipinski definition) is 5. The summed E-state index contributed by atoms with van der Waals surface area (Å²) < 4.78 is 12.2. The van der Waals surface area contributed by atoms with Gasteiger partial charge in [-0.15, -0.1) is 11.3 Å². The highest BCUT2D eigenvalue weighted by Gasteiger charge is 2.35. The van der Waals surface area contributed by atoms with Gasteiger partial charge in [-0.2, -0.15) is 0 Å². The lowest BCUT2D eigenvalue weighted by atomic mass is 9.98. The van der Waals surface area contributed by atoms with E-state index in [1.165, 1.54) is 5.56 Å². The summed E-state index contributed by atoms with van der Waals surface area (Å²) in [7, 11) is 0. The summed E-state index contributed by atoms with van der Waals surface area (Å²) in [5.41, 5.74) is 4.88. The third-order valence-electron chi connectivity index (χ3n) is 5.40. The fraction of sp³-hybridized carbons (Fsp3) is 0.208. The lowest BCUT2D eigenvalue weighted by Crippen LogP contribution is -2.31. The number of Topliss-reactive ketones (excluding diaryl/α,β-unsaturated/α-hetero) is 1. The van der Waals surface area contributed by atoms with Crippen LogP contribution in [0.4, 0.5) is 0 Å². The number of rotatable bonds is 3. The zero-order valence-corrected chi connectivity index (χ0v) is 17.2. The molecule has 4 nitrogen and oxygen atoms in total. The number of allylic oxidation sites excluding steroid dienone is 1. The second kappa shape index (κ2) is 7.17. The number of nitrogens with zero attached hydrogens (tertiary/aromatic N) is 1. The molecule has 29 heavy (non-hydrogen) atoms. The highest BCUT2D eigenvalue weighted by molar-refractivity contribution is 7.11. The zero-order valence-electron chi connectivity index (χ0n) is 16.4. The Kier molecular flexibility index (Phi) is 4.49. The van der Waals surface area contributed by atoms with Gasteiger partial charge in [0.25, 0.3) is 0 Å². The molecule has 0 amide bonds. The van der Waals surface area contributed by atoms with Crippen molar-refractivity contribution in [3.8, 4) is 11.5 Å². The first-order valence-electron chi connectivity index (χ1n) is 9.64. The van der Waals surface area contributed by atoms with E-state index in [1.807, 2.05) is 55.6 Å². The molecule has 0 spiro atoms. The van der Waals surface area contributed by atoms with E-state index in [-0.39, 0.29) is 5.78 Å². The molecule has 5 heteroatoms. The third-order valence-corrected chi connectivity index (χ3v) is 6.37. The van der Waals surface area contributed by atoms with Gasteiger partial charge in [0.05, 0.1) is 11.1 Å². The molecule has 0 saturated carbocycles. The maximum Gasteiger partial charge on any atom is 0.232 e. The van der Waals surface area contributed by atoms with Gasteiger partial charge >= 0.3 is 0 Å². The van der Waals surface area contributed by atoms with E-state index in [0.29, 0.717) is 30.3 Å². The summed E-state index contributed by atoms with van der Waals surface area (Å²) in [6, 6.07) is 14.3. The van der Waals surface area contributed by atoms with Crippen LogP contribution in [0, 0.1) is 13.8 Å². The minimum atomic E-state index is -0.0479. The van der Waals surface area contributed by atoms with Crippen LogP contribution < -0.4 is 9.47 Å². The van der Waals surface area contributed by atoms with Gasteiger partial charge in [-0.1, -0.05) is 30.3 Å². The molecule has 0 fully saturated rings. The number of thiophene rings is 1. The van der Waals surface area contributed by atoms with Crippen molar-refractivity contribution in [3.05, 3.63) is 86.3 Å². The van der Waals surface area contributed by atoms with Crippen LogP contribution >= 0.6 is 11.3 Å². The fourth-order valence-corrected chi connectivity index (χ4v) is 4.72. The van der Waals surface area contributed by atoms with Crippen LogP contribution in [0.5, 0.6) is 11.5 Å². The number of aryl methyl sites for hydroxylation is 2. The average Bonchev–Trinajstić information content (AvgIpc) is 3.27. The molecule has 0 bridgehead atoms. The highest BCUT2D eigenvalue weighted by Crippen LogP contribution is 2.44. The van der Waals surface area contributed by atoms with E-state index in [9.17, 15) is 4.79 Å². The van der Waals surface area contributed by atoms with E-state index in [4.69, 9.17) is 9.47 Å². The van der Waals surface area contributed by atoms with Gasteiger partial charge in [0.2, 0.25) is 5.78 Å². The summed E-state index contributed by atoms with van der Waals surface area (Å²) in [5.74, 6) is 1.81. The molecular formula is C24H21NO3S. The van der Waals surface area contributed by atoms with Crippen LogP contribution in [0.1, 0.15) is 37.5 Å². The predicted molar refractivity (Wildman–Crippen MR) is 114 cm³/mol. The predicted octanol–water partition coefficient (Wildman–Crippen LogP) is 5.33. The van der Waals surface area contributed by atoms with E-state index in [1.54, 1.807) is 11.3 Å². The largest absolute Gasteiger partial charge is 0.478 e. The number of hydrogen-bond donors (Lipinski definition) is 0. The van der Waals surface area contributed by atoms with Crippen LogP contribution in [-0.4, -0.2) is 17.4 Å². The van der Waals surface area contributed by atoms with Crippen molar-refractivity contribution in [2.45, 2.75) is 26.9 Å². The van der Waals surface area contributed by atoms with Gasteiger partial charge in [-0.05, 0) is 48.1 Å². The minimum absolute atomic E-state index is 0.0479. The van der Waals surface area contributed by atoms with Crippen molar-refractivity contribution in [1.82, 2.24) is 4.90 Å². The molecule has 1 aromatic heterocycles. The molecule has 3 aromatic rings. The summed E-state index contributed by atoms with van der Waals surface area (Å²) in [6.07, 6.45) is 1.86. The molecule has 3 heterocycles. The fourth-order valence-electron chi connectivity index (χ4n) is 3.87. The third kappa shape index (κ3) is 3.26. The average molecular weight is 404 g/mol. The van der Waals surface area contributed by atoms with E-state index in [0.717, 1.165) is 33.9 Å². The number of benzene rings is 2. The van der Waals surface area contributed by atoms with E-state index < -0.39 is 0 Å². The Morgan fingerprint density at radius 1 is 1.14 bits per heavy atom. The Morgan fingerprint density at radius 2 is 1.97 bits per heavy atom. The standard InChI is InChI=1S/C24H21NO3S/c1-15-8-9-29-21(15)11-20-23(26)22-16(2)10-19-18(24(22)28-20)13-25(14-27-19)12-17-6-4-3-5-7-17/h3-11H,12-14H2,1-2H3/b20-11-. The molecule has 2 aromatic carbocycles. The van der Waals surface area contributed by atoms with Crippen molar-refractivity contribution < 1.29 is 14.3 Å². The molecule has 146 valence electrons. The van der Waals surface area contributed by atoms with Crippen LogP contribution in [0.3, 0.4) is 0 Å². The Balaban J connectivity index is 1.49. The molecular weight excluding hydrogens is 382 g/mol. The second-order valence-electron chi connectivity index (χ2n) is 7.53. The van der Waals surface area contributed by atoms with Gasteiger partial charge in [-0.25, -0.2) is 0 Å². The summed E-state index contributed by atoms with van der Waals surface area (Å²) in [4.78, 5) is 16.3. The SMILES string of the molecule is Cc1ccsc1/C=C1\Oc2c3c(cc(C)c2C1=O)OCN(Cc1ccccc1)C3. The van der Waals surface area contributed by atoms with Gasteiger partial charge in [0, 0.05) is 24.0 Å². The van der Waals surface area contributed by atoms with E-state index in [2.05, 4.69) is 17.0 Å². The van der Waals surface area contributed by atoms with Crippen molar-refractivity contribution in [1.29, 1.82) is 0 Å². The summed E-state index contributed by atoms with van der Waals surface area (Å²) >= 11 is 1.61. The minimum Gasteiger partial charge on any atom is -0.478 e. The normalized spacial score (nSPS) is 17.0. The molecule has 5 rings (SSSR count). The monoisotopic (exact) mass is 403 g/mol. The van der Waals surface area contributed by atoms with Crippen molar-refractivity contribution in [3.63, 3.8) is 0 Å². The topological polar surface area (TPSA) is 38.8 Å². The Morgan fingerprint density at radius 3 is 2.72 bits per heavy atom. The Labute approximate surface area is 174 Å².